The third-order valence-electron chi connectivity index (χ3n) is 4.56. The van der Waals surface area contributed by atoms with Crippen molar-refractivity contribution < 1.29 is 4.79 Å². The predicted octanol–water partition coefficient (Wildman–Crippen LogP) is 4.38. The van der Waals surface area contributed by atoms with E-state index in [1.165, 1.54) is 5.56 Å². The normalized spacial score (nSPS) is 15.5. The summed E-state index contributed by atoms with van der Waals surface area (Å²) < 4.78 is 0.898. The first kappa shape index (κ1) is 22.3. The molecule has 28 heavy (non-hydrogen) atoms. The van der Waals surface area contributed by atoms with Crippen molar-refractivity contribution in [3.05, 3.63) is 82.3 Å². The number of amides is 1. The lowest BCUT2D eigenvalue weighted by molar-refractivity contribution is 0.0942. The van der Waals surface area contributed by atoms with Gasteiger partial charge in [-0.2, -0.15) is 0 Å². The molecule has 2 aromatic carbocycles. The highest BCUT2D eigenvalue weighted by atomic mass is 79.9. The van der Waals surface area contributed by atoms with Crippen LogP contribution < -0.4 is 10.2 Å². The summed E-state index contributed by atoms with van der Waals surface area (Å²) >= 11 is 3.48. The van der Waals surface area contributed by atoms with E-state index in [2.05, 4.69) is 48.2 Å². The number of carbonyl (C=O) groups is 1. The Kier molecular flexibility index (Phi) is 7.92. The average Bonchev–Trinajstić information content (AvgIpc) is 3.11. The number of aromatic amines is 1. The summed E-state index contributed by atoms with van der Waals surface area (Å²) in [7, 11) is 0. The summed E-state index contributed by atoms with van der Waals surface area (Å²) in [4.78, 5) is 22.3. The fraction of sp³-hybridized carbons (Fsp3) is 0.200. The van der Waals surface area contributed by atoms with Crippen LogP contribution in [0.1, 0.15) is 21.6 Å². The molecule has 2 heterocycles. The molecular formula is C20H21BrCl2N4O. The van der Waals surface area contributed by atoms with E-state index < -0.39 is 0 Å². The Morgan fingerprint density at radius 1 is 1.14 bits per heavy atom. The summed E-state index contributed by atoms with van der Waals surface area (Å²) in [6, 6.07) is 16.1. The van der Waals surface area contributed by atoms with Gasteiger partial charge in [0.25, 0.3) is 5.91 Å². The highest BCUT2D eigenvalue weighted by Gasteiger charge is 2.27. The van der Waals surface area contributed by atoms with E-state index >= 15 is 0 Å². The number of benzene rings is 2. The summed E-state index contributed by atoms with van der Waals surface area (Å²) in [5.74, 6) is -0.0330. The first-order valence-electron chi connectivity index (χ1n) is 8.55. The third-order valence-corrected chi connectivity index (χ3v) is 5.05. The van der Waals surface area contributed by atoms with Gasteiger partial charge in [-0.05, 0) is 30.2 Å². The molecule has 5 nitrogen and oxygen atoms in total. The molecule has 1 aliphatic rings. The molecule has 2 N–H and O–H groups in total. The van der Waals surface area contributed by atoms with Crippen molar-refractivity contribution in [3.8, 4) is 0 Å². The number of hydrogen-bond acceptors (Lipinski definition) is 3. The number of aromatic nitrogens is 2. The van der Waals surface area contributed by atoms with Gasteiger partial charge in [0.05, 0.1) is 35.9 Å². The number of H-pyrrole nitrogens is 1. The Labute approximate surface area is 184 Å². The highest BCUT2D eigenvalue weighted by molar-refractivity contribution is 9.10. The quantitative estimate of drug-likeness (QED) is 0.578. The van der Waals surface area contributed by atoms with Crippen LogP contribution >= 0.6 is 40.7 Å². The first-order valence-corrected chi connectivity index (χ1v) is 9.35. The lowest BCUT2D eigenvalue weighted by Gasteiger charge is -2.27. The van der Waals surface area contributed by atoms with Crippen LogP contribution in [0.25, 0.3) is 0 Å². The molecule has 1 aromatic heterocycles. The fourth-order valence-corrected chi connectivity index (χ4v) is 3.74. The van der Waals surface area contributed by atoms with Gasteiger partial charge in [-0.25, -0.2) is 4.98 Å². The van der Waals surface area contributed by atoms with Gasteiger partial charge in [-0.15, -0.1) is 24.8 Å². The molecule has 8 heteroatoms. The standard InChI is InChI=1S/C20H19BrN4O.2ClH/c21-15-6-7-19-18(9-15)20(26)24-16(8-14-4-2-1-3-5-14)11-25(19)12-17-10-22-13-23-17;;/h1-7,9-10,13,16H,8,11-12H2,(H,22,23)(H,24,26);2*1H. The van der Waals surface area contributed by atoms with Crippen LogP contribution in [0.15, 0.2) is 65.5 Å². The number of nitrogens with one attached hydrogen (secondary N) is 2. The molecule has 1 amide bonds. The SMILES string of the molecule is Cl.Cl.O=C1NC(Cc2ccccc2)CN(Cc2cnc[nH]2)c2ccc(Br)cc21. The monoisotopic (exact) mass is 482 g/mol. The second-order valence-corrected chi connectivity index (χ2v) is 7.39. The fourth-order valence-electron chi connectivity index (χ4n) is 3.38. The van der Waals surface area contributed by atoms with Gasteiger partial charge in [0.15, 0.2) is 0 Å². The maximum atomic E-state index is 12.8. The number of imidazole rings is 1. The maximum absolute atomic E-state index is 12.8. The topological polar surface area (TPSA) is 61.0 Å². The Hall–Kier alpha value is -2.02. The van der Waals surface area contributed by atoms with E-state index in [1.807, 2.05) is 42.6 Å². The number of hydrogen-bond donors (Lipinski definition) is 2. The van der Waals surface area contributed by atoms with E-state index in [0.29, 0.717) is 12.1 Å². The second kappa shape index (κ2) is 9.96. The lowest BCUT2D eigenvalue weighted by atomic mass is 10.1. The number of anilines is 1. The second-order valence-electron chi connectivity index (χ2n) is 6.48. The number of rotatable bonds is 4. The molecule has 0 radical (unpaired) electrons. The van der Waals surface area contributed by atoms with Crippen LogP contribution in [0.5, 0.6) is 0 Å². The van der Waals surface area contributed by atoms with E-state index in [-0.39, 0.29) is 36.8 Å². The van der Waals surface area contributed by atoms with Gasteiger partial charge in [0.1, 0.15) is 0 Å². The minimum absolute atomic E-state index is 0. The summed E-state index contributed by atoms with van der Waals surface area (Å²) in [6.07, 6.45) is 4.30. The van der Waals surface area contributed by atoms with Gasteiger partial charge in [0, 0.05) is 17.2 Å². The zero-order valence-corrected chi connectivity index (χ0v) is 18.2. The lowest BCUT2D eigenvalue weighted by Crippen LogP contribution is -2.41. The minimum atomic E-state index is -0.0330. The highest BCUT2D eigenvalue weighted by Crippen LogP contribution is 2.28. The van der Waals surface area contributed by atoms with Crippen LogP contribution in [0.2, 0.25) is 0 Å². The number of nitrogens with zero attached hydrogens (tertiary/aromatic N) is 2. The number of halogens is 3. The average molecular weight is 484 g/mol. The predicted molar refractivity (Wildman–Crippen MR) is 120 cm³/mol. The summed E-state index contributed by atoms with van der Waals surface area (Å²) in [6.45, 7) is 1.41. The summed E-state index contributed by atoms with van der Waals surface area (Å²) in [5, 5.41) is 3.19. The molecule has 0 saturated carbocycles. The molecule has 3 aromatic rings. The van der Waals surface area contributed by atoms with Crippen LogP contribution in [-0.4, -0.2) is 28.5 Å². The molecule has 0 bridgehead atoms. The molecule has 0 fully saturated rings. The van der Waals surface area contributed by atoms with E-state index in [1.54, 1.807) is 6.33 Å². The molecule has 1 aliphatic heterocycles. The molecule has 0 spiro atoms. The zero-order chi connectivity index (χ0) is 17.9. The van der Waals surface area contributed by atoms with Crippen LogP contribution in [0.4, 0.5) is 5.69 Å². The van der Waals surface area contributed by atoms with Crippen molar-refractivity contribution in [1.82, 2.24) is 15.3 Å². The van der Waals surface area contributed by atoms with Gasteiger partial charge in [-0.1, -0.05) is 46.3 Å². The third kappa shape index (κ3) is 5.07. The van der Waals surface area contributed by atoms with Crippen molar-refractivity contribution in [1.29, 1.82) is 0 Å². The Morgan fingerprint density at radius 2 is 1.93 bits per heavy atom. The Morgan fingerprint density at radius 3 is 2.64 bits per heavy atom. The Bertz CT molecular complexity index is 906. The van der Waals surface area contributed by atoms with E-state index in [0.717, 1.165) is 28.8 Å². The Balaban J connectivity index is 0.00000140. The molecule has 1 unspecified atom stereocenters. The summed E-state index contributed by atoms with van der Waals surface area (Å²) in [5.41, 5.74) is 3.86. The van der Waals surface area contributed by atoms with Crippen molar-refractivity contribution in [2.45, 2.75) is 19.0 Å². The molecule has 4 rings (SSSR count). The van der Waals surface area contributed by atoms with Crippen molar-refractivity contribution >= 4 is 52.3 Å². The van der Waals surface area contributed by atoms with Gasteiger partial charge in [-0.3, -0.25) is 4.79 Å². The number of fused-ring (bicyclic) bond motifs is 1. The van der Waals surface area contributed by atoms with E-state index in [4.69, 9.17) is 0 Å². The maximum Gasteiger partial charge on any atom is 0.253 e. The molecule has 1 atom stereocenters. The van der Waals surface area contributed by atoms with Crippen molar-refractivity contribution in [3.63, 3.8) is 0 Å². The molecular weight excluding hydrogens is 463 g/mol. The van der Waals surface area contributed by atoms with Gasteiger partial charge in [0.2, 0.25) is 0 Å². The van der Waals surface area contributed by atoms with E-state index in [9.17, 15) is 4.79 Å². The molecule has 148 valence electrons. The largest absolute Gasteiger partial charge is 0.363 e. The van der Waals surface area contributed by atoms with Gasteiger partial charge < -0.3 is 15.2 Å². The molecule has 0 saturated heterocycles. The van der Waals surface area contributed by atoms with Crippen molar-refractivity contribution in [2.75, 3.05) is 11.4 Å². The van der Waals surface area contributed by atoms with Crippen LogP contribution in [0, 0.1) is 0 Å². The minimum Gasteiger partial charge on any atom is -0.363 e. The van der Waals surface area contributed by atoms with Gasteiger partial charge >= 0.3 is 0 Å². The first-order chi connectivity index (χ1) is 12.7. The van der Waals surface area contributed by atoms with Crippen LogP contribution in [-0.2, 0) is 13.0 Å². The number of carbonyl (C=O) groups excluding carboxylic acids is 1. The molecule has 0 aliphatic carbocycles. The van der Waals surface area contributed by atoms with Crippen LogP contribution in [0.3, 0.4) is 0 Å². The zero-order valence-electron chi connectivity index (χ0n) is 15.0. The van der Waals surface area contributed by atoms with Crippen molar-refractivity contribution in [2.24, 2.45) is 0 Å². The smallest absolute Gasteiger partial charge is 0.253 e.